The summed E-state index contributed by atoms with van der Waals surface area (Å²) in [6.07, 6.45) is 8.64. The van der Waals surface area contributed by atoms with Crippen LogP contribution in [0.5, 0.6) is 0 Å². The Morgan fingerprint density at radius 3 is 2.50 bits per heavy atom. The van der Waals surface area contributed by atoms with Gasteiger partial charge in [-0.15, -0.1) is 0 Å². The van der Waals surface area contributed by atoms with Crippen LogP contribution in [0.1, 0.15) is 52.5 Å². The molecule has 6 atom stereocenters. The third kappa shape index (κ3) is 5.07. The topological polar surface area (TPSA) is 30.9 Å². The van der Waals surface area contributed by atoms with Crippen molar-refractivity contribution in [1.29, 1.82) is 0 Å². The van der Waals surface area contributed by atoms with Crippen molar-refractivity contribution in [3.63, 3.8) is 0 Å². The van der Waals surface area contributed by atoms with Crippen molar-refractivity contribution in [2.24, 2.45) is 11.8 Å². The van der Waals surface area contributed by atoms with E-state index in [-0.39, 0.29) is 23.4 Å². The highest BCUT2D eigenvalue weighted by Gasteiger charge is 2.52. The molecule has 4 nitrogen and oxygen atoms in total. The summed E-state index contributed by atoms with van der Waals surface area (Å²) in [6, 6.07) is 11.3. The van der Waals surface area contributed by atoms with Gasteiger partial charge in [0.2, 0.25) is 0 Å². The Morgan fingerprint density at radius 2 is 1.81 bits per heavy atom. The predicted octanol–water partition coefficient (Wildman–Crippen LogP) is 6.00. The minimum absolute atomic E-state index is 0.181. The molecule has 1 aromatic rings. The lowest BCUT2D eigenvalue weighted by Gasteiger charge is -2.44. The van der Waals surface area contributed by atoms with Gasteiger partial charge in [0.25, 0.3) is 0 Å². The predicted molar refractivity (Wildman–Crippen MR) is 133 cm³/mol. The van der Waals surface area contributed by atoms with E-state index in [1.54, 1.807) is 0 Å². The standard InChI is InChI=1S/C27H43NO3Si/c1-7-11-21-16-25(29-19-28(21)17-20-12-9-8-10-13-20)26-22(23-14-15-24(26)31-23)18-30-32(5,6)27(2,3)4/h8-10,12-15,21-26H,7,11,16-19H2,1-6H3/t21-,22-,23-,24+,25-,26-/m1/s1. The van der Waals surface area contributed by atoms with Crippen molar-refractivity contribution >= 4 is 8.32 Å². The van der Waals surface area contributed by atoms with E-state index in [1.165, 1.54) is 18.4 Å². The summed E-state index contributed by atoms with van der Waals surface area (Å²) in [5.41, 5.74) is 1.36. The number of benzene rings is 1. The number of fused-ring (bicyclic) bond motifs is 2. The normalized spacial score (nSPS) is 33.2. The first-order chi connectivity index (χ1) is 15.2. The fourth-order valence-electron chi connectivity index (χ4n) is 5.31. The molecule has 0 amide bonds. The number of rotatable bonds is 8. The van der Waals surface area contributed by atoms with Gasteiger partial charge in [-0.25, -0.2) is 0 Å². The monoisotopic (exact) mass is 457 g/mol. The van der Waals surface area contributed by atoms with Crippen molar-refractivity contribution in [1.82, 2.24) is 4.90 Å². The third-order valence-electron chi connectivity index (χ3n) is 8.30. The molecule has 3 aliphatic heterocycles. The number of nitrogens with zero attached hydrogens (tertiary/aromatic N) is 1. The number of hydrogen-bond acceptors (Lipinski definition) is 4. The largest absolute Gasteiger partial charge is 0.416 e. The van der Waals surface area contributed by atoms with Crippen molar-refractivity contribution < 1.29 is 13.9 Å². The molecule has 0 aliphatic carbocycles. The second kappa shape index (κ2) is 9.71. The summed E-state index contributed by atoms with van der Waals surface area (Å²) in [4.78, 5) is 2.53. The van der Waals surface area contributed by atoms with Gasteiger partial charge in [0.05, 0.1) is 25.0 Å². The molecular weight excluding hydrogens is 414 g/mol. The van der Waals surface area contributed by atoms with E-state index in [4.69, 9.17) is 13.9 Å². The van der Waals surface area contributed by atoms with Crippen LogP contribution in [0.2, 0.25) is 18.1 Å². The molecule has 5 heteroatoms. The zero-order valence-corrected chi connectivity index (χ0v) is 21.9. The molecule has 178 valence electrons. The minimum Gasteiger partial charge on any atom is -0.416 e. The van der Waals surface area contributed by atoms with Gasteiger partial charge in [0.15, 0.2) is 8.32 Å². The Kier molecular flexibility index (Phi) is 7.33. The molecule has 3 aliphatic rings. The van der Waals surface area contributed by atoms with E-state index in [2.05, 4.69) is 88.2 Å². The van der Waals surface area contributed by atoms with Gasteiger partial charge in [-0.3, -0.25) is 4.90 Å². The highest BCUT2D eigenvalue weighted by atomic mass is 28.4. The molecule has 32 heavy (non-hydrogen) atoms. The highest BCUT2D eigenvalue weighted by molar-refractivity contribution is 6.74. The molecular formula is C27H43NO3Si. The van der Waals surface area contributed by atoms with Crippen molar-refractivity contribution in [3.8, 4) is 0 Å². The molecule has 0 saturated carbocycles. The lowest BCUT2D eigenvalue weighted by atomic mass is 9.77. The van der Waals surface area contributed by atoms with Crippen LogP contribution in [0.25, 0.3) is 0 Å². The summed E-state index contributed by atoms with van der Waals surface area (Å²) in [7, 11) is -1.79. The molecule has 0 aromatic heterocycles. The Balaban J connectivity index is 1.44. The lowest BCUT2D eigenvalue weighted by molar-refractivity contribution is -0.133. The second-order valence-corrected chi connectivity index (χ2v) is 16.3. The summed E-state index contributed by atoms with van der Waals surface area (Å²) in [5.74, 6) is 0.792. The van der Waals surface area contributed by atoms with Gasteiger partial charge < -0.3 is 13.9 Å². The van der Waals surface area contributed by atoms with Crippen LogP contribution >= 0.6 is 0 Å². The van der Waals surface area contributed by atoms with E-state index in [9.17, 15) is 0 Å². The maximum atomic E-state index is 6.69. The molecule has 1 aromatic carbocycles. The van der Waals surface area contributed by atoms with Crippen LogP contribution in [0.15, 0.2) is 42.5 Å². The Hall–Kier alpha value is -0.983. The first kappa shape index (κ1) is 24.2. The first-order valence-electron chi connectivity index (χ1n) is 12.6. The van der Waals surface area contributed by atoms with Crippen molar-refractivity contribution in [2.75, 3.05) is 13.3 Å². The molecule has 4 rings (SSSR count). The molecule has 0 unspecified atom stereocenters. The zero-order valence-electron chi connectivity index (χ0n) is 20.9. The first-order valence-corrected chi connectivity index (χ1v) is 15.5. The van der Waals surface area contributed by atoms with E-state index < -0.39 is 8.32 Å². The minimum atomic E-state index is -1.79. The van der Waals surface area contributed by atoms with E-state index in [0.717, 1.165) is 19.6 Å². The highest BCUT2D eigenvalue weighted by Crippen LogP contribution is 2.46. The Bertz CT molecular complexity index is 775. The average Bonchev–Trinajstić information content (AvgIpc) is 3.35. The van der Waals surface area contributed by atoms with E-state index in [1.807, 2.05) is 0 Å². The van der Waals surface area contributed by atoms with Crippen LogP contribution in [0, 0.1) is 11.8 Å². The van der Waals surface area contributed by atoms with Crippen LogP contribution in [-0.2, 0) is 20.4 Å². The Morgan fingerprint density at radius 1 is 1.09 bits per heavy atom. The van der Waals surface area contributed by atoms with E-state index in [0.29, 0.717) is 24.6 Å². The summed E-state index contributed by atoms with van der Waals surface area (Å²) in [5, 5.41) is 0.225. The van der Waals surface area contributed by atoms with Crippen molar-refractivity contribution in [3.05, 3.63) is 48.0 Å². The van der Waals surface area contributed by atoms with Crippen LogP contribution in [-0.4, -0.2) is 50.9 Å². The van der Waals surface area contributed by atoms with Gasteiger partial charge in [-0.05, 0) is 36.5 Å². The second-order valence-electron chi connectivity index (χ2n) is 11.5. The molecule has 2 fully saturated rings. The molecule has 0 radical (unpaired) electrons. The van der Waals surface area contributed by atoms with Gasteiger partial charge in [0, 0.05) is 31.0 Å². The maximum Gasteiger partial charge on any atom is 0.191 e. The molecule has 2 saturated heterocycles. The van der Waals surface area contributed by atoms with Crippen LogP contribution in [0.3, 0.4) is 0 Å². The zero-order chi connectivity index (χ0) is 22.9. The summed E-state index contributed by atoms with van der Waals surface area (Å²) < 4.78 is 19.6. The van der Waals surface area contributed by atoms with Gasteiger partial charge in [-0.1, -0.05) is 76.6 Å². The van der Waals surface area contributed by atoms with Gasteiger partial charge in [-0.2, -0.15) is 0 Å². The summed E-state index contributed by atoms with van der Waals surface area (Å²) >= 11 is 0. The smallest absolute Gasteiger partial charge is 0.191 e. The van der Waals surface area contributed by atoms with Crippen LogP contribution < -0.4 is 0 Å². The number of ether oxygens (including phenoxy) is 2. The maximum absolute atomic E-state index is 6.69. The Labute approximate surface area is 196 Å². The fourth-order valence-corrected chi connectivity index (χ4v) is 6.35. The average molecular weight is 458 g/mol. The van der Waals surface area contributed by atoms with Crippen LogP contribution in [0.4, 0.5) is 0 Å². The van der Waals surface area contributed by atoms with Gasteiger partial charge in [0.1, 0.15) is 0 Å². The fraction of sp³-hybridized carbons (Fsp3) is 0.704. The molecule has 0 N–H and O–H groups in total. The third-order valence-corrected chi connectivity index (χ3v) is 12.8. The molecule has 3 heterocycles. The SMILES string of the molecule is CCC[C@@H]1C[C@H]([C@@H]2[C@H](CO[Si](C)(C)C(C)(C)C)[C@H]3C=C[C@@H]2O3)OCN1Cc1ccccc1. The van der Waals surface area contributed by atoms with Crippen molar-refractivity contribution in [2.45, 2.75) is 96.0 Å². The van der Waals surface area contributed by atoms with E-state index >= 15 is 0 Å². The van der Waals surface area contributed by atoms with Gasteiger partial charge >= 0.3 is 0 Å². The quantitative estimate of drug-likeness (QED) is 0.354. The lowest BCUT2D eigenvalue weighted by Crippen LogP contribution is -2.51. The number of hydrogen-bond donors (Lipinski definition) is 0. The molecule has 0 spiro atoms. The summed E-state index contributed by atoms with van der Waals surface area (Å²) in [6.45, 7) is 16.4. The molecule has 2 bridgehead atoms.